The Kier molecular flexibility index (Phi) is 5.80. The minimum atomic E-state index is -0.455. The maximum absolute atomic E-state index is 12.0. The molecule has 1 aliphatic rings. The van der Waals surface area contributed by atoms with Gasteiger partial charge in [0.1, 0.15) is 12.2 Å². The summed E-state index contributed by atoms with van der Waals surface area (Å²) in [4.78, 5) is 24.4. The summed E-state index contributed by atoms with van der Waals surface area (Å²) in [6.45, 7) is 7.32. The van der Waals surface area contributed by atoms with Crippen LogP contribution in [-0.2, 0) is 21.1 Å². The summed E-state index contributed by atoms with van der Waals surface area (Å²) >= 11 is 0. The molecular weight excluding hydrogens is 282 g/mol. The van der Waals surface area contributed by atoms with Crippen LogP contribution in [0.5, 0.6) is 0 Å². The fourth-order valence-corrected chi connectivity index (χ4v) is 2.23. The molecule has 1 aromatic carbocycles. The van der Waals surface area contributed by atoms with Crippen LogP contribution in [0.3, 0.4) is 0 Å². The van der Waals surface area contributed by atoms with Crippen LogP contribution in [0, 0.1) is 0 Å². The quantitative estimate of drug-likeness (QED) is 0.630. The first-order valence-corrected chi connectivity index (χ1v) is 7.74. The molecule has 1 aromatic rings. The second-order valence-electron chi connectivity index (χ2n) is 6.51. The number of carbonyl (C=O) groups is 1. The maximum atomic E-state index is 12.0. The fraction of sp³-hybridized carbons (Fsp3) is 0.588. The molecule has 1 saturated heterocycles. The predicted octanol–water partition coefficient (Wildman–Crippen LogP) is 3.53. The highest BCUT2D eigenvalue weighted by Gasteiger charge is 2.27. The van der Waals surface area contributed by atoms with E-state index in [-0.39, 0.29) is 12.2 Å². The van der Waals surface area contributed by atoms with Crippen LogP contribution < -0.4 is 0 Å². The lowest BCUT2D eigenvalue weighted by molar-refractivity contribution is -0.337. The maximum Gasteiger partial charge on any atom is 0.410 e. The normalized spacial score (nSPS) is 16.6. The fourth-order valence-electron chi connectivity index (χ4n) is 2.23. The average Bonchev–Trinajstić information content (AvgIpc) is 2.47. The summed E-state index contributed by atoms with van der Waals surface area (Å²) in [6.07, 6.45) is 1.29. The molecule has 0 bridgehead atoms. The van der Waals surface area contributed by atoms with Gasteiger partial charge in [0, 0.05) is 13.1 Å². The molecule has 5 nitrogen and oxygen atoms in total. The SMILES string of the molecule is CC(C)(C)OC(=O)N1CCC(OOCc2ccccc2)CC1. The second-order valence-corrected chi connectivity index (χ2v) is 6.51. The van der Waals surface area contributed by atoms with Crippen molar-refractivity contribution in [3.63, 3.8) is 0 Å². The van der Waals surface area contributed by atoms with Gasteiger partial charge in [0.05, 0.1) is 6.10 Å². The van der Waals surface area contributed by atoms with Gasteiger partial charge in [0.2, 0.25) is 0 Å². The number of hydrogen-bond acceptors (Lipinski definition) is 4. The zero-order valence-corrected chi connectivity index (χ0v) is 13.6. The first-order valence-electron chi connectivity index (χ1n) is 7.74. The summed E-state index contributed by atoms with van der Waals surface area (Å²) in [5.74, 6) is 0. The summed E-state index contributed by atoms with van der Waals surface area (Å²) in [6, 6.07) is 9.90. The third kappa shape index (κ3) is 5.66. The van der Waals surface area contributed by atoms with Crippen LogP contribution in [0.25, 0.3) is 0 Å². The average molecular weight is 307 g/mol. The molecule has 0 aromatic heterocycles. The highest BCUT2D eigenvalue weighted by molar-refractivity contribution is 5.68. The molecule has 1 amide bonds. The molecule has 0 aliphatic carbocycles. The third-order valence-corrected chi connectivity index (χ3v) is 3.37. The molecule has 0 spiro atoms. The van der Waals surface area contributed by atoms with Crippen molar-refractivity contribution in [2.45, 2.75) is 51.9 Å². The van der Waals surface area contributed by atoms with E-state index in [1.54, 1.807) is 4.90 Å². The van der Waals surface area contributed by atoms with Crippen molar-refractivity contribution in [3.05, 3.63) is 35.9 Å². The van der Waals surface area contributed by atoms with Crippen molar-refractivity contribution in [1.29, 1.82) is 0 Å². The molecule has 0 N–H and O–H groups in total. The van der Waals surface area contributed by atoms with Gasteiger partial charge in [-0.3, -0.25) is 0 Å². The van der Waals surface area contributed by atoms with Gasteiger partial charge in [-0.1, -0.05) is 30.3 Å². The van der Waals surface area contributed by atoms with E-state index in [9.17, 15) is 4.79 Å². The van der Waals surface area contributed by atoms with Crippen LogP contribution in [-0.4, -0.2) is 35.8 Å². The number of nitrogens with zero attached hydrogens (tertiary/aromatic N) is 1. The molecule has 0 atom stereocenters. The van der Waals surface area contributed by atoms with Gasteiger partial charge in [0.25, 0.3) is 0 Å². The Labute approximate surface area is 132 Å². The van der Waals surface area contributed by atoms with Crippen LogP contribution in [0.2, 0.25) is 0 Å². The minimum Gasteiger partial charge on any atom is -0.444 e. The Morgan fingerprint density at radius 3 is 2.41 bits per heavy atom. The van der Waals surface area contributed by atoms with Gasteiger partial charge in [0.15, 0.2) is 0 Å². The van der Waals surface area contributed by atoms with Crippen LogP contribution in [0.15, 0.2) is 30.3 Å². The molecule has 5 heteroatoms. The summed E-state index contributed by atoms with van der Waals surface area (Å²) in [5, 5.41) is 0. The Balaban J connectivity index is 1.66. The largest absolute Gasteiger partial charge is 0.444 e. The highest BCUT2D eigenvalue weighted by atomic mass is 17.2. The Morgan fingerprint density at radius 2 is 1.82 bits per heavy atom. The van der Waals surface area contributed by atoms with E-state index < -0.39 is 5.60 Å². The molecule has 2 rings (SSSR count). The first kappa shape index (κ1) is 16.8. The lowest BCUT2D eigenvalue weighted by Gasteiger charge is -2.32. The van der Waals surface area contributed by atoms with Crippen molar-refractivity contribution in [3.8, 4) is 0 Å². The van der Waals surface area contributed by atoms with Gasteiger partial charge in [-0.15, -0.1) is 0 Å². The molecule has 0 unspecified atom stereocenters. The van der Waals surface area contributed by atoms with Crippen molar-refractivity contribution >= 4 is 6.09 Å². The highest BCUT2D eigenvalue weighted by Crippen LogP contribution is 2.18. The summed E-state index contributed by atoms with van der Waals surface area (Å²) in [5.41, 5.74) is 0.622. The smallest absolute Gasteiger partial charge is 0.410 e. The van der Waals surface area contributed by atoms with E-state index in [1.165, 1.54) is 0 Å². The third-order valence-electron chi connectivity index (χ3n) is 3.37. The number of rotatable bonds is 4. The second kappa shape index (κ2) is 7.61. The number of piperidine rings is 1. The van der Waals surface area contributed by atoms with Crippen LogP contribution in [0.1, 0.15) is 39.2 Å². The van der Waals surface area contributed by atoms with Crippen LogP contribution >= 0.6 is 0 Å². The van der Waals surface area contributed by atoms with E-state index in [2.05, 4.69) is 0 Å². The van der Waals surface area contributed by atoms with Gasteiger partial charge in [-0.05, 0) is 39.2 Å². The molecule has 22 heavy (non-hydrogen) atoms. The first-order chi connectivity index (χ1) is 10.4. The topological polar surface area (TPSA) is 48.0 Å². The lowest BCUT2D eigenvalue weighted by atomic mass is 10.1. The van der Waals surface area contributed by atoms with Gasteiger partial charge in [-0.25, -0.2) is 14.6 Å². The van der Waals surface area contributed by atoms with E-state index in [4.69, 9.17) is 14.5 Å². The number of carbonyl (C=O) groups excluding carboxylic acids is 1. The van der Waals surface area contributed by atoms with Crippen molar-refractivity contribution in [1.82, 2.24) is 4.90 Å². The molecule has 0 saturated carbocycles. The monoisotopic (exact) mass is 307 g/mol. The zero-order valence-electron chi connectivity index (χ0n) is 13.6. The number of ether oxygens (including phenoxy) is 1. The molecule has 122 valence electrons. The van der Waals surface area contributed by atoms with Gasteiger partial charge in [-0.2, -0.15) is 0 Å². The van der Waals surface area contributed by atoms with Crippen molar-refractivity contribution in [2.75, 3.05) is 13.1 Å². The Morgan fingerprint density at radius 1 is 1.18 bits per heavy atom. The Hall–Kier alpha value is -1.59. The standard InChI is InChI=1S/C17H25NO4/c1-17(2,3)21-16(19)18-11-9-15(10-12-18)22-20-13-14-7-5-4-6-8-14/h4-8,15H,9-13H2,1-3H3. The molecule has 1 fully saturated rings. The predicted molar refractivity (Wildman–Crippen MR) is 83.1 cm³/mol. The molecule has 1 aliphatic heterocycles. The van der Waals surface area contributed by atoms with Crippen LogP contribution in [0.4, 0.5) is 4.79 Å². The lowest BCUT2D eigenvalue weighted by Crippen LogP contribution is -2.43. The zero-order chi connectivity index (χ0) is 16.0. The minimum absolute atomic E-state index is 0.0300. The molecule has 0 radical (unpaired) electrons. The summed E-state index contributed by atoms with van der Waals surface area (Å²) in [7, 11) is 0. The number of hydrogen-bond donors (Lipinski definition) is 0. The number of amides is 1. The Bertz CT molecular complexity index is 461. The van der Waals surface area contributed by atoms with Gasteiger partial charge < -0.3 is 9.64 Å². The van der Waals surface area contributed by atoms with Crippen molar-refractivity contribution < 1.29 is 19.3 Å². The number of likely N-dealkylation sites (tertiary alicyclic amines) is 1. The van der Waals surface area contributed by atoms with E-state index in [0.717, 1.165) is 18.4 Å². The molecular formula is C17H25NO4. The number of benzene rings is 1. The van der Waals surface area contributed by atoms with Crippen molar-refractivity contribution in [2.24, 2.45) is 0 Å². The summed E-state index contributed by atoms with van der Waals surface area (Å²) < 4.78 is 5.37. The molecule has 1 heterocycles. The van der Waals surface area contributed by atoms with E-state index in [0.29, 0.717) is 19.7 Å². The van der Waals surface area contributed by atoms with E-state index in [1.807, 2.05) is 51.1 Å². The van der Waals surface area contributed by atoms with Gasteiger partial charge >= 0.3 is 6.09 Å². The van der Waals surface area contributed by atoms with E-state index >= 15 is 0 Å².